The number of allylic oxidation sites excluding steroid dienone is 6. The van der Waals surface area contributed by atoms with Gasteiger partial charge in [-0.25, -0.2) is 0 Å². The molecule has 5 nitrogen and oxygen atoms in total. The zero-order valence-corrected chi connectivity index (χ0v) is 24.6. The van der Waals surface area contributed by atoms with Crippen LogP contribution in [0.15, 0.2) is 35.5 Å². The molecule has 0 radical (unpaired) electrons. The number of nitrogens with zero attached hydrogens (tertiary/aromatic N) is 1. The van der Waals surface area contributed by atoms with E-state index in [1.165, 1.54) is 24.0 Å². The van der Waals surface area contributed by atoms with Gasteiger partial charge < -0.3 is 20.4 Å². The monoisotopic (exact) mass is 512 g/mol. The second-order valence-electron chi connectivity index (χ2n) is 13.7. The molecule has 2 fully saturated rings. The van der Waals surface area contributed by atoms with Crippen LogP contribution in [0.5, 0.6) is 0 Å². The molecule has 0 unspecified atom stereocenters. The van der Waals surface area contributed by atoms with E-state index >= 15 is 0 Å². The smallest absolute Gasteiger partial charge is 0.249 e. The fraction of sp³-hybridized carbons (Fsp3) is 0.781. The maximum absolute atomic E-state index is 12.9. The third-order valence-corrected chi connectivity index (χ3v) is 11.9. The molecule has 208 valence electrons. The van der Waals surface area contributed by atoms with Crippen molar-refractivity contribution in [2.75, 3.05) is 20.7 Å². The predicted molar refractivity (Wildman–Crippen MR) is 151 cm³/mol. The van der Waals surface area contributed by atoms with Crippen molar-refractivity contribution in [3.63, 3.8) is 0 Å². The van der Waals surface area contributed by atoms with Gasteiger partial charge in [-0.3, -0.25) is 4.79 Å². The van der Waals surface area contributed by atoms with Gasteiger partial charge in [0.2, 0.25) is 5.91 Å². The number of rotatable bonds is 7. The number of carbonyl (C=O) groups is 1. The molecule has 0 spiro atoms. The molecular formula is C32H52N2O3. The van der Waals surface area contributed by atoms with Crippen LogP contribution in [-0.4, -0.2) is 59.9 Å². The van der Waals surface area contributed by atoms with Gasteiger partial charge in [0.15, 0.2) is 0 Å². The molecular weight excluding hydrogens is 460 g/mol. The van der Waals surface area contributed by atoms with Gasteiger partial charge in [0.25, 0.3) is 0 Å². The number of aliphatic hydroxyl groups is 2. The highest BCUT2D eigenvalue weighted by Crippen LogP contribution is 2.67. The minimum absolute atomic E-state index is 0.00909. The number of amides is 1. The summed E-state index contributed by atoms with van der Waals surface area (Å²) in [5.41, 5.74) is 2.74. The maximum Gasteiger partial charge on any atom is 0.249 e. The molecule has 37 heavy (non-hydrogen) atoms. The SMILES string of the molecule is CC[C@H](C)[C@H](O)C(=O)N[C@H]1CCC2=CC3=CC[C@]4(C)[C@@H]([C@H](C)N(C)C)CC[C@@]4(C)[C@@H]3C=C[C@H]2[C@]1(C)CO. The Morgan fingerprint density at radius 1 is 1.14 bits per heavy atom. The van der Waals surface area contributed by atoms with Gasteiger partial charge in [-0.05, 0) is 81.4 Å². The Kier molecular flexibility index (Phi) is 7.94. The van der Waals surface area contributed by atoms with Gasteiger partial charge in [0.05, 0.1) is 6.61 Å². The van der Waals surface area contributed by atoms with Crippen molar-refractivity contribution in [2.24, 2.45) is 39.9 Å². The van der Waals surface area contributed by atoms with E-state index in [1.54, 1.807) is 0 Å². The second kappa shape index (κ2) is 10.3. The molecule has 1 amide bonds. The Hall–Kier alpha value is -1.43. The summed E-state index contributed by atoms with van der Waals surface area (Å²) in [5, 5.41) is 24.4. The van der Waals surface area contributed by atoms with Crippen LogP contribution in [0.25, 0.3) is 0 Å². The number of hydrogen-bond donors (Lipinski definition) is 3. The van der Waals surface area contributed by atoms with Crippen molar-refractivity contribution >= 4 is 5.91 Å². The van der Waals surface area contributed by atoms with Gasteiger partial charge >= 0.3 is 0 Å². The zero-order valence-electron chi connectivity index (χ0n) is 24.6. The van der Waals surface area contributed by atoms with Crippen molar-refractivity contribution in [3.05, 3.63) is 35.5 Å². The molecule has 2 saturated carbocycles. The first-order valence-electron chi connectivity index (χ1n) is 14.7. The lowest BCUT2D eigenvalue weighted by molar-refractivity contribution is -0.134. The quantitative estimate of drug-likeness (QED) is 0.415. The lowest BCUT2D eigenvalue weighted by Crippen LogP contribution is -2.56. The topological polar surface area (TPSA) is 72.8 Å². The highest BCUT2D eigenvalue weighted by molar-refractivity contribution is 5.81. The Bertz CT molecular complexity index is 969. The molecule has 4 aliphatic carbocycles. The summed E-state index contributed by atoms with van der Waals surface area (Å²) < 4.78 is 0. The number of carbonyl (C=O) groups excluding carboxylic acids is 1. The highest BCUT2D eigenvalue weighted by atomic mass is 16.3. The van der Waals surface area contributed by atoms with E-state index in [2.05, 4.69) is 76.3 Å². The van der Waals surface area contributed by atoms with Crippen molar-refractivity contribution in [3.8, 4) is 0 Å². The normalized spacial score (nSPS) is 41.5. The second-order valence-corrected chi connectivity index (χ2v) is 13.7. The lowest BCUT2D eigenvalue weighted by atomic mass is 9.52. The largest absolute Gasteiger partial charge is 0.396 e. The first-order chi connectivity index (χ1) is 17.3. The summed E-state index contributed by atoms with van der Waals surface area (Å²) in [4.78, 5) is 15.3. The van der Waals surface area contributed by atoms with Crippen LogP contribution in [0.4, 0.5) is 0 Å². The Morgan fingerprint density at radius 3 is 2.43 bits per heavy atom. The van der Waals surface area contributed by atoms with Crippen LogP contribution < -0.4 is 5.32 Å². The van der Waals surface area contributed by atoms with Crippen LogP contribution in [0.1, 0.15) is 80.1 Å². The number of hydrogen-bond acceptors (Lipinski definition) is 4. The van der Waals surface area contributed by atoms with Crippen molar-refractivity contribution in [1.29, 1.82) is 0 Å². The molecule has 0 aromatic heterocycles. The minimum atomic E-state index is -1.01. The molecule has 4 aliphatic rings. The van der Waals surface area contributed by atoms with Gasteiger partial charge in [0, 0.05) is 29.3 Å². The summed E-state index contributed by atoms with van der Waals surface area (Å²) in [6, 6.07) is 0.368. The molecule has 3 N–H and O–H groups in total. The van der Waals surface area contributed by atoms with E-state index in [-0.39, 0.29) is 41.2 Å². The van der Waals surface area contributed by atoms with E-state index < -0.39 is 11.5 Å². The summed E-state index contributed by atoms with van der Waals surface area (Å²) in [7, 11) is 4.42. The first-order valence-corrected chi connectivity index (χ1v) is 14.7. The van der Waals surface area contributed by atoms with Crippen LogP contribution in [0.2, 0.25) is 0 Å². The number of nitrogens with one attached hydrogen (secondary N) is 1. The van der Waals surface area contributed by atoms with Crippen LogP contribution in [0.3, 0.4) is 0 Å². The average Bonchev–Trinajstić information content (AvgIpc) is 3.01. The van der Waals surface area contributed by atoms with Crippen molar-refractivity contribution in [1.82, 2.24) is 10.2 Å². The standard InChI is InChI=1S/C32H52N2O3/c1-9-20(2)28(36)29(37)33-27-13-10-22-18-23-14-16-31(5)24(21(3)34(7)8)15-17-32(31,6)26(23)12-11-25(22)30(27,4)19-35/h11-12,14,18,20-21,24-28,35-36H,9-10,13,15-17,19H2,1-8H3,(H,33,37)/t20-,21-,24+,25+,26+,27-,28-,30-,31+,32-/m0/s1. The zero-order chi connectivity index (χ0) is 27.3. The van der Waals surface area contributed by atoms with E-state index in [4.69, 9.17) is 0 Å². The number of aliphatic hydroxyl groups excluding tert-OH is 2. The maximum atomic E-state index is 12.9. The molecule has 10 atom stereocenters. The molecule has 0 aromatic rings. The molecule has 5 heteroatoms. The molecule has 0 aliphatic heterocycles. The Labute approximate surface area is 225 Å². The van der Waals surface area contributed by atoms with E-state index in [0.29, 0.717) is 17.9 Å². The summed E-state index contributed by atoms with van der Waals surface area (Å²) in [6.07, 6.45) is 14.8. The van der Waals surface area contributed by atoms with Crippen molar-refractivity contribution in [2.45, 2.75) is 98.3 Å². The van der Waals surface area contributed by atoms with E-state index in [0.717, 1.165) is 25.7 Å². The average molecular weight is 513 g/mol. The fourth-order valence-electron chi connectivity index (χ4n) is 8.37. The molecule has 0 bridgehead atoms. The first kappa shape index (κ1) is 28.6. The molecule has 0 aromatic carbocycles. The molecule has 0 saturated heterocycles. The third kappa shape index (κ3) is 4.47. The fourth-order valence-corrected chi connectivity index (χ4v) is 8.37. The van der Waals surface area contributed by atoms with Crippen LogP contribution in [-0.2, 0) is 4.79 Å². The minimum Gasteiger partial charge on any atom is -0.396 e. The highest BCUT2D eigenvalue weighted by Gasteiger charge is 2.60. The summed E-state index contributed by atoms with van der Waals surface area (Å²) >= 11 is 0. The van der Waals surface area contributed by atoms with Crippen LogP contribution in [0, 0.1) is 39.9 Å². The Morgan fingerprint density at radius 2 is 1.81 bits per heavy atom. The Balaban J connectivity index is 1.64. The molecule has 0 heterocycles. The van der Waals surface area contributed by atoms with E-state index in [9.17, 15) is 15.0 Å². The van der Waals surface area contributed by atoms with Gasteiger partial charge in [-0.15, -0.1) is 0 Å². The van der Waals surface area contributed by atoms with Crippen LogP contribution >= 0.6 is 0 Å². The summed E-state index contributed by atoms with van der Waals surface area (Å²) in [5.74, 6) is 0.697. The number of fused-ring (bicyclic) bond motifs is 4. The van der Waals surface area contributed by atoms with E-state index in [1.807, 2.05) is 13.8 Å². The molecule has 4 rings (SSSR count). The third-order valence-electron chi connectivity index (χ3n) is 11.9. The predicted octanol–water partition coefficient (Wildman–Crippen LogP) is 5.10. The van der Waals surface area contributed by atoms with Crippen molar-refractivity contribution < 1.29 is 15.0 Å². The van der Waals surface area contributed by atoms with Gasteiger partial charge in [-0.1, -0.05) is 70.9 Å². The summed E-state index contributed by atoms with van der Waals surface area (Å²) in [6.45, 7) is 13.4. The lowest BCUT2D eigenvalue weighted by Gasteiger charge is -2.53. The van der Waals surface area contributed by atoms with Gasteiger partial charge in [0.1, 0.15) is 6.10 Å². The van der Waals surface area contributed by atoms with Gasteiger partial charge in [-0.2, -0.15) is 0 Å².